The molecule has 0 saturated heterocycles. The van der Waals surface area contributed by atoms with Crippen molar-refractivity contribution in [3.8, 4) is 0 Å². The average Bonchev–Trinajstić information content (AvgIpc) is 2.57. The molecule has 0 aromatic carbocycles. The Labute approximate surface area is 143 Å². The van der Waals surface area contributed by atoms with Crippen molar-refractivity contribution < 1.29 is 13.3 Å². The van der Waals surface area contributed by atoms with E-state index >= 15 is 0 Å². The van der Waals surface area contributed by atoms with Gasteiger partial charge in [0.1, 0.15) is 0 Å². The molecule has 0 aliphatic carbocycles. The fourth-order valence-corrected chi connectivity index (χ4v) is 8.84. The molecule has 0 fully saturated rings. The van der Waals surface area contributed by atoms with Crippen LogP contribution in [0.2, 0.25) is 36.3 Å². The molecule has 0 rings (SSSR count). The first-order chi connectivity index (χ1) is 10.5. The van der Waals surface area contributed by atoms with E-state index in [4.69, 9.17) is 13.3 Å². The maximum absolute atomic E-state index is 6.61. The van der Waals surface area contributed by atoms with Crippen molar-refractivity contribution in [2.75, 3.05) is 6.61 Å². The molecule has 0 bridgehead atoms. The second-order valence-corrected chi connectivity index (χ2v) is 16.7. The highest BCUT2D eigenvalue weighted by molar-refractivity contribution is 6.74. The van der Waals surface area contributed by atoms with Gasteiger partial charge in [-0.15, -0.1) is 6.58 Å². The lowest BCUT2D eigenvalue weighted by molar-refractivity contribution is -0.0435. The van der Waals surface area contributed by atoms with E-state index in [9.17, 15) is 0 Å². The van der Waals surface area contributed by atoms with Gasteiger partial charge in [-0.2, -0.15) is 0 Å². The summed E-state index contributed by atoms with van der Waals surface area (Å²) in [6, 6.07) is 6.90. The van der Waals surface area contributed by atoms with E-state index in [-0.39, 0.29) is 6.29 Å². The maximum Gasteiger partial charge on any atom is 0.195 e. The minimum atomic E-state index is -1.67. The molecule has 3 nitrogen and oxygen atoms in total. The average molecular weight is 363 g/mol. The zero-order valence-electron chi connectivity index (χ0n) is 15.7. The van der Waals surface area contributed by atoms with Gasteiger partial charge in [-0.3, -0.25) is 0 Å². The molecule has 0 spiro atoms. The van der Waals surface area contributed by atoms with Crippen molar-refractivity contribution in [1.29, 1.82) is 0 Å². The van der Waals surface area contributed by atoms with Crippen LogP contribution >= 0.6 is 0 Å². The Morgan fingerprint density at radius 3 is 1.45 bits per heavy atom. The monoisotopic (exact) mass is 362 g/mol. The Balaban J connectivity index is 5.05. The van der Waals surface area contributed by atoms with Crippen LogP contribution in [0, 0.1) is 0 Å². The molecular weight excluding hydrogens is 324 g/mol. The lowest BCUT2D eigenvalue weighted by Crippen LogP contribution is -2.48. The molecule has 22 heavy (non-hydrogen) atoms. The third-order valence-corrected chi connectivity index (χ3v) is 15.1. The molecule has 0 heterocycles. The molecule has 0 amide bonds. The molecule has 132 valence electrons. The Morgan fingerprint density at radius 2 is 1.18 bits per heavy atom. The summed E-state index contributed by atoms with van der Waals surface area (Å²) in [6.45, 7) is 17.9. The van der Waals surface area contributed by atoms with Crippen LogP contribution in [0.3, 0.4) is 0 Å². The Hall–Kier alpha value is 0.271. The van der Waals surface area contributed by atoms with Crippen molar-refractivity contribution in [3.63, 3.8) is 0 Å². The summed E-state index contributed by atoms with van der Waals surface area (Å²) in [6.07, 6.45) is -0.162. The normalized spacial score (nSPS) is 13.4. The Kier molecular flexibility index (Phi) is 11.9. The van der Waals surface area contributed by atoms with Gasteiger partial charge in [0, 0.05) is 0 Å². The molecule has 0 unspecified atom stereocenters. The largest absolute Gasteiger partial charge is 0.414 e. The predicted molar refractivity (Wildman–Crippen MR) is 105 cm³/mol. The summed E-state index contributed by atoms with van der Waals surface area (Å²) in [5.74, 6) is 0. The van der Waals surface area contributed by atoms with Gasteiger partial charge < -0.3 is 13.3 Å². The van der Waals surface area contributed by atoms with Gasteiger partial charge >= 0.3 is 0 Å². The van der Waals surface area contributed by atoms with E-state index < -0.39 is 26.4 Å². The fraction of sp³-hybridized carbons (Fsp3) is 0.875. The van der Waals surface area contributed by atoms with Crippen LogP contribution in [0.4, 0.5) is 0 Å². The van der Waals surface area contributed by atoms with Gasteiger partial charge in [0.15, 0.2) is 32.7 Å². The van der Waals surface area contributed by atoms with Crippen LogP contribution < -0.4 is 0 Å². The van der Waals surface area contributed by atoms with E-state index in [0.29, 0.717) is 6.61 Å². The predicted octanol–water partition coefficient (Wildman–Crippen LogP) is 4.60. The van der Waals surface area contributed by atoms with Crippen molar-refractivity contribution in [1.82, 2.24) is 0 Å². The number of hydrogen-bond acceptors (Lipinski definition) is 3. The Bertz CT molecular complexity index is 254. The van der Waals surface area contributed by atoms with Gasteiger partial charge in [-0.25, -0.2) is 0 Å². The summed E-state index contributed by atoms with van der Waals surface area (Å²) in [4.78, 5) is 0. The maximum atomic E-state index is 6.61. The van der Waals surface area contributed by atoms with E-state index in [0.717, 1.165) is 36.3 Å². The van der Waals surface area contributed by atoms with Gasteiger partial charge in [-0.1, -0.05) is 47.2 Å². The molecule has 0 N–H and O–H groups in total. The molecule has 0 aliphatic rings. The third-order valence-electron chi connectivity index (χ3n) is 5.12. The van der Waals surface area contributed by atoms with E-state index in [1.165, 1.54) is 0 Å². The van der Waals surface area contributed by atoms with Crippen molar-refractivity contribution in [2.45, 2.75) is 84.1 Å². The standard InChI is InChI=1S/C16H38O3Si3/c1-8-20-17-15-16(18-21(9-2,10-3)11-4)19-22(12-5,13-6)14-7/h8,16H,1,9-15,20H2,2-7H3. The van der Waals surface area contributed by atoms with Crippen LogP contribution in [0.25, 0.3) is 0 Å². The molecule has 0 saturated carbocycles. The molecule has 0 aromatic heterocycles. The van der Waals surface area contributed by atoms with Crippen LogP contribution in [0.5, 0.6) is 0 Å². The van der Waals surface area contributed by atoms with Crippen molar-refractivity contribution in [2.24, 2.45) is 0 Å². The van der Waals surface area contributed by atoms with Gasteiger partial charge in [0.2, 0.25) is 0 Å². The number of hydrogen-bond donors (Lipinski definition) is 0. The molecule has 6 heteroatoms. The van der Waals surface area contributed by atoms with Crippen LogP contribution in [0.15, 0.2) is 12.3 Å². The van der Waals surface area contributed by atoms with Crippen molar-refractivity contribution >= 4 is 26.4 Å². The smallest absolute Gasteiger partial charge is 0.195 e. The van der Waals surface area contributed by atoms with Crippen molar-refractivity contribution in [3.05, 3.63) is 12.3 Å². The van der Waals surface area contributed by atoms with Crippen LogP contribution in [-0.4, -0.2) is 39.3 Å². The molecule has 0 atom stereocenters. The third kappa shape index (κ3) is 6.80. The highest BCUT2D eigenvalue weighted by Crippen LogP contribution is 2.28. The SMILES string of the molecule is C=C[SiH2]OCC(O[Si](CC)(CC)CC)O[Si](CC)(CC)CC. The molecule has 0 radical (unpaired) electrons. The van der Waals surface area contributed by atoms with Gasteiger partial charge in [-0.05, 0) is 36.3 Å². The highest BCUT2D eigenvalue weighted by Gasteiger charge is 2.37. The number of rotatable bonds is 14. The van der Waals surface area contributed by atoms with E-state index in [1.807, 2.05) is 5.70 Å². The summed E-state index contributed by atoms with van der Waals surface area (Å²) in [7, 11) is -3.97. The van der Waals surface area contributed by atoms with Crippen LogP contribution in [0.1, 0.15) is 41.5 Å². The van der Waals surface area contributed by atoms with E-state index in [1.54, 1.807) is 0 Å². The quantitative estimate of drug-likeness (QED) is 0.257. The second kappa shape index (κ2) is 11.8. The summed E-state index contributed by atoms with van der Waals surface area (Å²) in [5.41, 5.74) is 1.92. The molecule has 0 aliphatic heterocycles. The zero-order chi connectivity index (χ0) is 17.1. The Morgan fingerprint density at radius 1 is 0.818 bits per heavy atom. The van der Waals surface area contributed by atoms with E-state index in [2.05, 4.69) is 48.1 Å². The van der Waals surface area contributed by atoms with Crippen LogP contribution in [-0.2, 0) is 13.3 Å². The first-order valence-corrected chi connectivity index (χ1v) is 15.5. The molecule has 0 aromatic rings. The molecular formula is C16H38O3Si3. The first kappa shape index (κ1) is 22.3. The fourth-order valence-electron chi connectivity index (χ4n) is 2.90. The summed E-state index contributed by atoms with van der Waals surface area (Å²) < 4.78 is 19.0. The zero-order valence-corrected chi connectivity index (χ0v) is 19.2. The second-order valence-electron chi connectivity index (χ2n) is 5.98. The first-order valence-electron chi connectivity index (χ1n) is 9.05. The summed E-state index contributed by atoms with van der Waals surface area (Å²) >= 11 is 0. The minimum absolute atomic E-state index is 0.162. The lowest BCUT2D eigenvalue weighted by Gasteiger charge is -2.38. The van der Waals surface area contributed by atoms with Gasteiger partial charge in [0.05, 0.1) is 6.61 Å². The highest BCUT2D eigenvalue weighted by atomic mass is 28.4. The minimum Gasteiger partial charge on any atom is -0.414 e. The summed E-state index contributed by atoms with van der Waals surface area (Å²) in [5, 5.41) is 0. The lowest BCUT2D eigenvalue weighted by atomic mass is 10.7. The topological polar surface area (TPSA) is 27.7 Å². The van der Waals surface area contributed by atoms with Gasteiger partial charge in [0.25, 0.3) is 0 Å².